The van der Waals surface area contributed by atoms with E-state index in [0.29, 0.717) is 18.4 Å². The number of aryl methyl sites for hydroxylation is 1. The van der Waals surface area contributed by atoms with Crippen LogP contribution in [0.3, 0.4) is 0 Å². The molecule has 0 fully saturated rings. The van der Waals surface area contributed by atoms with Crippen LogP contribution in [0.4, 0.5) is 17.1 Å². The number of benzene rings is 2. The molecule has 106 valence electrons. The molecule has 7 nitrogen and oxygen atoms in total. The number of nitrogens with zero attached hydrogens (tertiary/aromatic N) is 2. The van der Waals surface area contributed by atoms with Gasteiger partial charge in [-0.15, -0.1) is 0 Å². The van der Waals surface area contributed by atoms with Gasteiger partial charge in [-0.3, -0.25) is 20.2 Å². The van der Waals surface area contributed by atoms with Crippen molar-refractivity contribution in [2.75, 3.05) is 5.73 Å². The molecule has 0 unspecified atom stereocenters. The predicted octanol–water partition coefficient (Wildman–Crippen LogP) is 2.85. The Kier molecular flexibility index (Phi) is 2.83. The Morgan fingerprint density at radius 3 is 2.33 bits per heavy atom. The zero-order chi connectivity index (χ0) is 15.1. The van der Waals surface area contributed by atoms with E-state index in [2.05, 4.69) is 0 Å². The molecule has 0 spiro atoms. The molecule has 2 N–H and O–H groups in total. The number of hydrogen-bond acceptors (Lipinski definition) is 5. The van der Waals surface area contributed by atoms with Crippen molar-refractivity contribution < 1.29 is 9.85 Å². The lowest BCUT2D eigenvalue weighted by molar-refractivity contribution is -0.384. The zero-order valence-corrected chi connectivity index (χ0v) is 10.9. The first-order valence-electron chi connectivity index (χ1n) is 6.32. The summed E-state index contributed by atoms with van der Waals surface area (Å²) in [6.45, 7) is 0. The Morgan fingerprint density at radius 1 is 0.952 bits per heavy atom. The molecule has 1 aliphatic carbocycles. The maximum Gasteiger partial charge on any atom is 0.295 e. The highest BCUT2D eigenvalue weighted by molar-refractivity contribution is 5.81. The van der Waals surface area contributed by atoms with Crippen molar-refractivity contribution in [2.45, 2.75) is 12.8 Å². The van der Waals surface area contributed by atoms with Crippen molar-refractivity contribution in [3.63, 3.8) is 0 Å². The van der Waals surface area contributed by atoms with E-state index in [0.717, 1.165) is 16.7 Å². The molecule has 0 radical (unpaired) electrons. The fourth-order valence-electron chi connectivity index (χ4n) is 2.80. The SMILES string of the molecule is Nc1ccc2c(c1[N+](=O)[O-])CCc1cc([N+](=O)[O-])ccc1-2. The number of nitro benzene ring substituents is 2. The third-order valence-electron chi connectivity index (χ3n) is 3.73. The van der Waals surface area contributed by atoms with Gasteiger partial charge >= 0.3 is 0 Å². The minimum atomic E-state index is -0.468. The number of nitro groups is 2. The van der Waals surface area contributed by atoms with Crippen LogP contribution in [0.15, 0.2) is 30.3 Å². The zero-order valence-electron chi connectivity index (χ0n) is 10.9. The Hall–Kier alpha value is -2.96. The molecule has 0 aromatic heterocycles. The molecule has 0 bridgehead atoms. The Morgan fingerprint density at radius 2 is 1.67 bits per heavy atom. The molecule has 7 heteroatoms. The lowest BCUT2D eigenvalue weighted by atomic mass is 9.84. The van der Waals surface area contributed by atoms with E-state index >= 15 is 0 Å². The average molecular weight is 285 g/mol. The summed E-state index contributed by atoms with van der Waals surface area (Å²) in [7, 11) is 0. The summed E-state index contributed by atoms with van der Waals surface area (Å²) in [6, 6.07) is 7.83. The van der Waals surface area contributed by atoms with Gasteiger partial charge < -0.3 is 5.73 Å². The third-order valence-corrected chi connectivity index (χ3v) is 3.73. The second kappa shape index (κ2) is 4.55. The fourth-order valence-corrected chi connectivity index (χ4v) is 2.80. The highest BCUT2D eigenvalue weighted by atomic mass is 16.6. The lowest BCUT2D eigenvalue weighted by Crippen LogP contribution is -2.09. The number of rotatable bonds is 2. The Bertz CT molecular complexity index is 786. The van der Waals surface area contributed by atoms with Crippen LogP contribution in [-0.2, 0) is 12.8 Å². The number of anilines is 1. The van der Waals surface area contributed by atoms with Crippen LogP contribution in [0.25, 0.3) is 11.1 Å². The third kappa shape index (κ3) is 1.99. The van der Waals surface area contributed by atoms with Gasteiger partial charge in [-0.25, -0.2) is 0 Å². The van der Waals surface area contributed by atoms with Crippen molar-refractivity contribution in [3.05, 3.63) is 61.7 Å². The van der Waals surface area contributed by atoms with E-state index in [4.69, 9.17) is 5.73 Å². The predicted molar refractivity (Wildman–Crippen MR) is 77.0 cm³/mol. The van der Waals surface area contributed by atoms with Gasteiger partial charge in [0.05, 0.1) is 9.85 Å². The largest absolute Gasteiger partial charge is 0.393 e. The molecule has 21 heavy (non-hydrogen) atoms. The number of hydrogen-bond donors (Lipinski definition) is 1. The summed E-state index contributed by atoms with van der Waals surface area (Å²) in [4.78, 5) is 21.1. The molecular formula is C14H11N3O4. The van der Waals surface area contributed by atoms with Crippen molar-refractivity contribution in [1.82, 2.24) is 0 Å². The normalized spacial score (nSPS) is 12.4. The number of fused-ring (bicyclic) bond motifs is 3. The van der Waals surface area contributed by atoms with Crippen molar-refractivity contribution in [2.24, 2.45) is 0 Å². The molecule has 2 aromatic carbocycles. The van der Waals surface area contributed by atoms with Crippen LogP contribution in [-0.4, -0.2) is 9.85 Å². The van der Waals surface area contributed by atoms with Crippen molar-refractivity contribution in [1.29, 1.82) is 0 Å². The highest BCUT2D eigenvalue weighted by Crippen LogP contribution is 2.41. The molecule has 1 aliphatic rings. The second-order valence-electron chi connectivity index (χ2n) is 4.89. The first-order chi connectivity index (χ1) is 9.99. The number of non-ortho nitro benzene ring substituents is 1. The monoisotopic (exact) mass is 285 g/mol. The van der Waals surface area contributed by atoms with E-state index in [1.54, 1.807) is 12.1 Å². The minimum Gasteiger partial charge on any atom is -0.393 e. The van der Waals surface area contributed by atoms with Gasteiger partial charge in [-0.2, -0.15) is 0 Å². The van der Waals surface area contributed by atoms with Gasteiger partial charge in [-0.1, -0.05) is 6.07 Å². The van der Waals surface area contributed by atoms with Gasteiger partial charge in [-0.05, 0) is 41.7 Å². The average Bonchev–Trinajstić information content (AvgIpc) is 2.45. The highest BCUT2D eigenvalue weighted by Gasteiger charge is 2.27. The van der Waals surface area contributed by atoms with Crippen LogP contribution in [0, 0.1) is 20.2 Å². The topological polar surface area (TPSA) is 112 Å². The molecule has 0 atom stereocenters. The first-order valence-corrected chi connectivity index (χ1v) is 6.32. The Labute approximate surface area is 119 Å². The van der Waals surface area contributed by atoms with Gasteiger partial charge in [0, 0.05) is 17.7 Å². The van der Waals surface area contributed by atoms with Gasteiger partial charge in [0.15, 0.2) is 0 Å². The van der Waals surface area contributed by atoms with Crippen LogP contribution < -0.4 is 5.73 Å². The molecule has 0 heterocycles. The smallest absolute Gasteiger partial charge is 0.295 e. The van der Waals surface area contributed by atoms with E-state index in [1.807, 2.05) is 0 Å². The summed E-state index contributed by atoms with van der Waals surface area (Å²) in [5, 5.41) is 22.0. The fraction of sp³-hybridized carbons (Fsp3) is 0.143. The molecular weight excluding hydrogens is 274 g/mol. The van der Waals surface area contributed by atoms with Crippen molar-refractivity contribution in [3.8, 4) is 11.1 Å². The maximum absolute atomic E-state index is 11.2. The summed E-state index contributed by atoms with van der Waals surface area (Å²) in [6.07, 6.45) is 0.971. The molecule has 2 aromatic rings. The van der Waals surface area contributed by atoms with E-state index in [-0.39, 0.29) is 17.1 Å². The maximum atomic E-state index is 11.2. The van der Waals surface area contributed by atoms with Gasteiger partial charge in [0.1, 0.15) is 5.69 Å². The minimum absolute atomic E-state index is 0.0298. The second-order valence-corrected chi connectivity index (χ2v) is 4.89. The Balaban J connectivity index is 2.22. The van der Waals surface area contributed by atoms with Crippen LogP contribution in [0.2, 0.25) is 0 Å². The molecule has 0 saturated carbocycles. The summed E-state index contributed by atoms with van der Waals surface area (Å²) >= 11 is 0. The van der Waals surface area contributed by atoms with Gasteiger partial charge in [0.25, 0.3) is 11.4 Å². The van der Waals surface area contributed by atoms with E-state index < -0.39 is 9.85 Å². The van der Waals surface area contributed by atoms with Crippen LogP contribution in [0.1, 0.15) is 11.1 Å². The summed E-state index contributed by atoms with van der Waals surface area (Å²) in [5.41, 5.74) is 8.76. The van der Waals surface area contributed by atoms with Crippen LogP contribution in [0.5, 0.6) is 0 Å². The van der Waals surface area contributed by atoms with E-state index in [1.165, 1.54) is 18.2 Å². The van der Waals surface area contributed by atoms with E-state index in [9.17, 15) is 20.2 Å². The molecule has 0 amide bonds. The quantitative estimate of drug-likeness (QED) is 0.518. The summed E-state index contributed by atoms with van der Waals surface area (Å²) in [5.74, 6) is 0. The lowest BCUT2D eigenvalue weighted by Gasteiger charge is -2.20. The first kappa shape index (κ1) is 13.0. The molecule has 0 saturated heterocycles. The van der Waals surface area contributed by atoms with Crippen LogP contribution >= 0.6 is 0 Å². The number of nitrogens with two attached hydrogens (primary N) is 1. The standard InChI is InChI=1S/C14H11N3O4/c15-13-6-5-11-10-4-2-9(16(18)19)7-8(10)1-3-12(11)14(13)17(20)21/h2,4-7H,1,3,15H2. The van der Waals surface area contributed by atoms with Crippen molar-refractivity contribution >= 4 is 17.1 Å². The molecule has 3 rings (SSSR count). The van der Waals surface area contributed by atoms with Gasteiger partial charge in [0.2, 0.25) is 0 Å². The number of nitrogen functional groups attached to an aromatic ring is 1. The molecule has 0 aliphatic heterocycles. The summed E-state index contributed by atoms with van der Waals surface area (Å²) < 4.78 is 0.